The minimum Gasteiger partial charge on any atom is -0.494 e. The molecule has 3 aromatic carbocycles. The van der Waals surface area contributed by atoms with Crippen molar-refractivity contribution in [2.24, 2.45) is 0 Å². The number of para-hydroxylation sites is 1. The van der Waals surface area contributed by atoms with Gasteiger partial charge in [-0.15, -0.1) is 0 Å². The Hall–Kier alpha value is -4.92. The van der Waals surface area contributed by atoms with Crippen LogP contribution in [0, 0.1) is 0 Å². The van der Waals surface area contributed by atoms with Crippen molar-refractivity contribution in [2.75, 3.05) is 20.3 Å². The van der Waals surface area contributed by atoms with Gasteiger partial charge in [0, 0.05) is 6.08 Å². The molecule has 0 aliphatic rings. The lowest BCUT2D eigenvalue weighted by Crippen LogP contribution is -2.15. The summed E-state index contributed by atoms with van der Waals surface area (Å²) in [6, 6.07) is 18.7. The van der Waals surface area contributed by atoms with Gasteiger partial charge < -0.3 is 23.7 Å². The molecule has 0 saturated heterocycles. The molecule has 3 rings (SSSR count). The van der Waals surface area contributed by atoms with E-state index >= 15 is 0 Å². The van der Waals surface area contributed by atoms with E-state index in [0.29, 0.717) is 25.2 Å². The maximum atomic E-state index is 12.9. The second kappa shape index (κ2) is 14.0. The van der Waals surface area contributed by atoms with E-state index in [9.17, 15) is 19.2 Å². The number of hydrogen-bond acceptors (Lipinski definition) is 9. The second-order valence-corrected chi connectivity index (χ2v) is 7.72. The fraction of sp³-hybridized carbons (Fsp3) is 0.172. The third-order valence-corrected chi connectivity index (χ3v) is 5.10. The molecule has 0 saturated carbocycles. The Morgan fingerprint density at radius 3 is 2.08 bits per heavy atom. The lowest BCUT2D eigenvalue weighted by atomic mass is 10.1. The average Bonchev–Trinajstić information content (AvgIpc) is 2.95. The van der Waals surface area contributed by atoms with E-state index in [2.05, 4.69) is 6.58 Å². The smallest absolute Gasteiger partial charge is 0.343 e. The van der Waals surface area contributed by atoms with Crippen molar-refractivity contribution in [3.8, 4) is 17.2 Å². The van der Waals surface area contributed by atoms with Crippen molar-refractivity contribution >= 4 is 23.9 Å². The van der Waals surface area contributed by atoms with Crippen LogP contribution in [0.3, 0.4) is 0 Å². The summed E-state index contributed by atoms with van der Waals surface area (Å²) in [6.45, 7) is 3.99. The van der Waals surface area contributed by atoms with Gasteiger partial charge in [-0.05, 0) is 61.4 Å². The molecule has 0 N–H and O–H groups in total. The first-order chi connectivity index (χ1) is 18.4. The molecule has 0 spiro atoms. The Balaban J connectivity index is 1.67. The summed E-state index contributed by atoms with van der Waals surface area (Å²) in [6.07, 6.45) is 2.39. The summed E-state index contributed by atoms with van der Waals surface area (Å²) >= 11 is 0. The van der Waals surface area contributed by atoms with Gasteiger partial charge in [-0.3, -0.25) is 0 Å². The van der Waals surface area contributed by atoms with Crippen LogP contribution in [0.4, 0.5) is 0 Å². The summed E-state index contributed by atoms with van der Waals surface area (Å²) in [7, 11) is 1.18. The van der Waals surface area contributed by atoms with E-state index in [1.54, 1.807) is 42.5 Å². The zero-order chi connectivity index (χ0) is 27.3. The topological polar surface area (TPSA) is 114 Å². The van der Waals surface area contributed by atoms with Gasteiger partial charge in [0.2, 0.25) is 0 Å². The molecule has 0 radical (unpaired) electrons. The minimum absolute atomic E-state index is 0.0852. The highest BCUT2D eigenvalue weighted by Gasteiger charge is 2.23. The van der Waals surface area contributed by atoms with Crippen molar-refractivity contribution in [3.63, 3.8) is 0 Å². The maximum absolute atomic E-state index is 12.9. The molecule has 38 heavy (non-hydrogen) atoms. The molecule has 0 bridgehead atoms. The molecule has 0 aliphatic heterocycles. The maximum Gasteiger partial charge on any atom is 0.343 e. The van der Waals surface area contributed by atoms with Crippen LogP contribution in [0.2, 0.25) is 0 Å². The zero-order valence-corrected chi connectivity index (χ0v) is 20.7. The molecule has 0 unspecified atom stereocenters. The fourth-order valence-electron chi connectivity index (χ4n) is 3.17. The van der Waals surface area contributed by atoms with Crippen molar-refractivity contribution in [1.82, 2.24) is 0 Å². The third-order valence-electron chi connectivity index (χ3n) is 5.10. The molecule has 9 heteroatoms. The van der Waals surface area contributed by atoms with Crippen molar-refractivity contribution in [2.45, 2.75) is 12.8 Å². The Kier molecular flexibility index (Phi) is 10.2. The predicted octanol–water partition coefficient (Wildman–Crippen LogP) is 4.80. The minimum atomic E-state index is -0.783. The number of ether oxygens (including phenoxy) is 5. The van der Waals surface area contributed by atoms with Crippen LogP contribution < -0.4 is 14.2 Å². The standard InChI is InChI=1S/C29H26O9/c1-3-25(30)36-19-8-7-18-35-22-16-14-21(15-17-22)28(32)38-26-23(29(33)34-2)12-9-13-24(26)37-27(31)20-10-5-4-6-11-20/h3-6,9-17H,1,7-8,18-19H2,2H3. The number of unbranched alkanes of at least 4 members (excludes halogenated alkanes) is 1. The first-order valence-corrected chi connectivity index (χ1v) is 11.7. The fourth-order valence-corrected chi connectivity index (χ4v) is 3.17. The molecular formula is C29H26O9. The van der Waals surface area contributed by atoms with Crippen molar-refractivity contribution < 1.29 is 42.9 Å². The molecule has 0 heterocycles. The monoisotopic (exact) mass is 518 g/mol. The molecule has 0 aliphatic carbocycles. The highest BCUT2D eigenvalue weighted by Crippen LogP contribution is 2.33. The molecule has 9 nitrogen and oxygen atoms in total. The second-order valence-electron chi connectivity index (χ2n) is 7.72. The number of carbonyl (C=O) groups is 4. The summed E-state index contributed by atoms with van der Waals surface area (Å²) < 4.78 is 26.3. The van der Waals surface area contributed by atoms with Crippen LogP contribution in [0.1, 0.15) is 43.9 Å². The van der Waals surface area contributed by atoms with Crippen LogP contribution in [0.15, 0.2) is 85.5 Å². The Morgan fingerprint density at radius 2 is 1.39 bits per heavy atom. The summed E-state index contributed by atoms with van der Waals surface area (Å²) in [5, 5.41) is 0. The van der Waals surface area contributed by atoms with E-state index < -0.39 is 23.9 Å². The number of carbonyl (C=O) groups excluding carboxylic acids is 4. The lowest BCUT2D eigenvalue weighted by Gasteiger charge is -2.14. The largest absolute Gasteiger partial charge is 0.494 e. The Bertz CT molecular complexity index is 1280. The van der Waals surface area contributed by atoms with Gasteiger partial charge in [-0.2, -0.15) is 0 Å². The molecule has 3 aromatic rings. The molecule has 0 aromatic heterocycles. The van der Waals surface area contributed by atoms with Gasteiger partial charge in [0.25, 0.3) is 0 Å². The number of methoxy groups -OCH3 is 1. The highest BCUT2D eigenvalue weighted by molar-refractivity contribution is 5.98. The van der Waals surface area contributed by atoms with Crippen LogP contribution in [0.25, 0.3) is 0 Å². The molecule has 0 amide bonds. The van der Waals surface area contributed by atoms with Gasteiger partial charge >= 0.3 is 23.9 Å². The van der Waals surface area contributed by atoms with E-state index in [0.717, 1.165) is 6.08 Å². The van der Waals surface area contributed by atoms with Gasteiger partial charge in [0.1, 0.15) is 11.3 Å². The first kappa shape index (κ1) is 27.7. The van der Waals surface area contributed by atoms with Crippen molar-refractivity contribution in [1.29, 1.82) is 0 Å². The van der Waals surface area contributed by atoms with Crippen LogP contribution in [0.5, 0.6) is 17.2 Å². The van der Waals surface area contributed by atoms with E-state index in [1.807, 2.05) is 0 Å². The van der Waals surface area contributed by atoms with Gasteiger partial charge in [-0.25, -0.2) is 19.2 Å². The zero-order valence-electron chi connectivity index (χ0n) is 20.7. The van der Waals surface area contributed by atoms with Gasteiger partial charge in [-0.1, -0.05) is 30.8 Å². The molecule has 0 atom stereocenters. The number of esters is 4. The summed E-state index contributed by atoms with van der Waals surface area (Å²) in [4.78, 5) is 48.8. The SMILES string of the molecule is C=CC(=O)OCCCCOc1ccc(C(=O)Oc2c(OC(=O)c3ccccc3)cccc2C(=O)OC)cc1. The third kappa shape index (κ3) is 7.79. The van der Waals surface area contributed by atoms with Gasteiger partial charge in [0.15, 0.2) is 11.5 Å². The Labute approximate surface area is 219 Å². The van der Waals surface area contributed by atoms with Crippen LogP contribution in [-0.4, -0.2) is 44.2 Å². The van der Waals surface area contributed by atoms with Crippen LogP contribution in [-0.2, 0) is 14.3 Å². The average molecular weight is 519 g/mol. The van der Waals surface area contributed by atoms with Gasteiger partial charge in [0.05, 0.1) is 31.5 Å². The number of benzene rings is 3. The summed E-state index contributed by atoms with van der Waals surface area (Å²) in [5.41, 5.74) is 0.369. The van der Waals surface area contributed by atoms with E-state index in [4.69, 9.17) is 23.7 Å². The first-order valence-electron chi connectivity index (χ1n) is 11.7. The van der Waals surface area contributed by atoms with Crippen molar-refractivity contribution in [3.05, 3.63) is 102 Å². The molecular weight excluding hydrogens is 492 g/mol. The quantitative estimate of drug-likeness (QED) is 0.144. The number of hydrogen-bond donors (Lipinski definition) is 0. The Morgan fingerprint density at radius 1 is 0.737 bits per heavy atom. The molecule has 196 valence electrons. The normalized spacial score (nSPS) is 10.1. The highest BCUT2D eigenvalue weighted by atomic mass is 16.6. The number of rotatable bonds is 12. The van der Waals surface area contributed by atoms with E-state index in [-0.39, 0.29) is 34.8 Å². The van der Waals surface area contributed by atoms with E-state index in [1.165, 1.54) is 37.4 Å². The lowest BCUT2D eigenvalue weighted by molar-refractivity contribution is -0.137. The molecule has 0 fully saturated rings. The predicted molar refractivity (Wildman–Crippen MR) is 136 cm³/mol. The van der Waals surface area contributed by atoms with Crippen LogP contribution >= 0.6 is 0 Å². The summed E-state index contributed by atoms with van der Waals surface area (Å²) in [5.74, 6) is -2.55.